The van der Waals surface area contributed by atoms with Gasteiger partial charge in [-0.2, -0.15) is 0 Å². The van der Waals surface area contributed by atoms with Crippen LogP contribution in [0.1, 0.15) is 25.3 Å². The van der Waals surface area contributed by atoms with Gasteiger partial charge in [0, 0.05) is 35.9 Å². The van der Waals surface area contributed by atoms with Gasteiger partial charge in [0.15, 0.2) is 5.78 Å². The number of hydrogen-bond donors (Lipinski definition) is 0. The van der Waals surface area contributed by atoms with Gasteiger partial charge in [0.05, 0.1) is 0 Å². The van der Waals surface area contributed by atoms with Crippen molar-refractivity contribution in [3.05, 3.63) is 59.7 Å². The quantitative estimate of drug-likeness (QED) is 0.848. The zero-order valence-corrected chi connectivity index (χ0v) is 13.1. The molecule has 2 saturated heterocycles. The molecule has 0 spiro atoms. The number of nitrogens with zero attached hydrogens (tertiary/aromatic N) is 1. The van der Waals surface area contributed by atoms with Crippen molar-refractivity contribution in [3.8, 4) is 0 Å². The Labute approximate surface area is 132 Å². The largest absolute Gasteiger partial charge is 0.296 e. The molecule has 0 N–H and O–H groups in total. The summed E-state index contributed by atoms with van der Waals surface area (Å²) in [5, 5.41) is 0. The van der Waals surface area contributed by atoms with E-state index in [2.05, 4.69) is 30.1 Å². The normalized spacial score (nSPS) is 32.9. The lowest BCUT2D eigenvalue weighted by Crippen LogP contribution is -2.29. The van der Waals surface area contributed by atoms with Crippen LogP contribution in [0.2, 0.25) is 0 Å². The van der Waals surface area contributed by atoms with Gasteiger partial charge in [0.25, 0.3) is 0 Å². The maximum absolute atomic E-state index is 12.6. The van der Waals surface area contributed by atoms with E-state index in [1.807, 2.05) is 30.3 Å². The fourth-order valence-electron chi connectivity index (χ4n) is 4.75. The highest BCUT2D eigenvalue weighted by molar-refractivity contribution is 5.99. The topological polar surface area (TPSA) is 20.3 Å². The molecule has 0 amide bonds. The third kappa shape index (κ3) is 2.17. The SMILES string of the molecule is CCN1[C@@H]2CC[C@H]1C1C=CC(C(=O)Cc3ccccc3)=CC12. The first-order chi connectivity index (χ1) is 10.8. The summed E-state index contributed by atoms with van der Waals surface area (Å²) in [6.07, 6.45) is 9.81. The molecule has 1 aromatic carbocycles. The van der Waals surface area contributed by atoms with E-state index in [0.29, 0.717) is 30.3 Å². The lowest BCUT2D eigenvalue weighted by atomic mass is 9.75. The molecular formula is C20H23NO. The minimum Gasteiger partial charge on any atom is -0.296 e. The predicted octanol–water partition coefficient (Wildman–Crippen LogP) is 3.39. The zero-order chi connectivity index (χ0) is 15.1. The van der Waals surface area contributed by atoms with Crippen LogP contribution >= 0.6 is 0 Å². The van der Waals surface area contributed by atoms with Gasteiger partial charge in [-0.05, 0) is 24.9 Å². The molecule has 0 radical (unpaired) electrons. The third-order valence-corrected chi connectivity index (χ3v) is 5.71. The monoisotopic (exact) mass is 293 g/mol. The number of hydrogen-bond acceptors (Lipinski definition) is 2. The molecule has 2 fully saturated rings. The molecule has 2 heteroatoms. The molecule has 0 aromatic heterocycles. The lowest BCUT2D eigenvalue weighted by Gasteiger charge is -2.27. The number of Topliss-reactive ketones (excluding diaryl/α,β-unsaturated/α-hetero) is 1. The molecule has 0 saturated carbocycles. The first kappa shape index (κ1) is 14.0. The smallest absolute Gasteiger partial charge is 0.166 e. The Hall–Kier alpha value is -1.67. The van der Waals surface area contributed by atoms with Crippen molar-refractivity contribution in [1.29, 1.82) is 0 Å². The summed E-state index contributed by atoms with van der Waals surface area (Å²) < 4.78 is 0. The molecule has 4 atom stereocenters. The minimum atomic E-state index is 0.256. The van der Waals surface area contributed by atoms with Crippen LogP contribution in [0.25, 0.3) is 0 Å². The average Bonchev–Trinajstić information content (AvgIpc) is 3.11. The van der Waals surface area contributed by atoms with Gasteiger partial charge in [-0.1, -0.05) is 55.5 Å². The molecule has 3 aliphatic rings. The van der Waals surface area contributed by atoms with Gasteiger partial charge in [0.2, 0.25) is 0 Å². The number of carbonyl (C=O) groups excluding carboxylic acids is 1. The Morgan fingerprint density at radius 2 is 1.86 bits per heavy atom. The number of ketones is 1. The second-order valence-corrected chi connectivity index (χ2v) is 6.76. The van der Waals surface area contributed by atoms with E-state index in [4.69, 9.17) is 0 Å². The number of benzene rings is 1. The Kier molecular flexibility index (Phi) is 3.50. The minimum absolute atomic E-state index is 0.256. The maximum atomic E-state index is 12.6. The van der Waals surface area contributed by atoms with E-state index in [0.717, 1.165) is 17.7 Å². The van der Waals surface area contributed by atoms with Gasteiger partial charge < -0.3 is 0 Å². The van der Waals surface area contributed by atoms with Crippen LogP contribution in [0.3, 0.4) is 0 Å². The van der Waals surface area contributed by atoms with E-state index in [-0.39, 0.29) is 5.78 Å². The number of fused-ring (bicyclic) bond motifs is 5. The summed E-state index contributed by atoms with van der Waals surface area (Å²) in [6.45, 7) is 3.40. The second kappa shape index (κ2) is 5.51. The molecule has 2 nitrogen and oxygen atoms in total. The first-order valence-electron chi connectivity index (χ1n) is 8.51. The van der Waals surface area contributed by atoms with Crippen LogP contribution in [-0.4, -0.2) is 29.3 Å². The standard InChI is InChI=1S/C20H23NO/c1-2-21-18-10-11-19(21)17-13-15(8-9-16(17)18)20(22)12-14-6-4-3-5-7-14/h3-9,13,16-19H,2,10-12H2,1H3/t16?,17?,18-,19+/m0/s1. The van der Waals surface area contributed by atoms with Crippen molar-refractivity contribution < 1.29 is 4.79 Å². The van der Waals surface area contributed by atoms with E-state index >= 15 is 0 Å². The molecular weight excluding hydrogens is 270 g/mol. The molecule has 1 aliphatic carbocycles. The van der Waals surface area contributed by atoms with Gasteiger partial charge in [0.1, 0.15) is 0 Å². The highest BCUT2D eigenvalue weighted by Gasteiger charge is 2.51. The maximum Gasteiger partial charge on any atom is 0.166 e. The van der Waals surface area contributed by atoms with Crippen molar-refractivity contribution in [1.82, 2.24) is 4.90 Å². The fourth-order valence-corrected chi connectivity index (χ4v) is 4.75. The van der Waals surface area contributed by atoms with E-state index < -0.39 is 0 Å². The Morgan fingerprint density at radius 3 is 2.59 bits per heavy atom. The van der Waals surface area contributed by atoms with E-state index in [9.17, 15) is 4.79 Å². The van der Waals surface area contributed by atoms with E-state index in [1.165, 1.54) is 12.8 Å². The number of carbonyl (C=O) groups is 1. The predicted molar refractivity (Wildman–Crippen MR) is 88.5 cm³/mol. The highest BCUT2D eigenvalue weighted by Crippen LogP contribution is 2.48. The molecule has 22 heavy (non-hydrogen) atoms. The van der Waals surface area contributed by atoms with Crippen molar-refractivity contribution in [3.63, 3.8) is 0 Å². The molecule has 4 rings (SSSR count). The van der Waals surface area contributed by atoms with Crippen LogP contribution in [0.4, 0.5) is 0 Å². The summed E-state index contributed by atoms with van der Waals surface area (Å²) in [5.41, 5.74) is 2.03. The van der Waals surface area contributed by atoms with Crippen molar-refractivity contribution in [2.45, 2.75) is 38.3 Å². The molecule has 2 aliphatic heterocycles. The fraction of sp³-hybridized carbons (Fsp3) is 0.450. The van der Waals surface area contributed by atoms with Crippen LogP contribution in [-0.2, 0) is 11.2 Å². The van der Waals surface area contributed by atoms with Gasteiger partial charge in [-0.25, -0.2) is 0 Å². The molecule has 114 valence electrons. The second-order valence-electron chi connectivity index (χ2n) is 6.76. The van der Waals surface area contributed by atoms with Gasteiger partial charge >= 0.3 is 0 Å². The molecule has 2 unspecified atom stereocenters. The third-order valence-electron chi connectivity index (χ3n) is 5.71. The average molecular weight is 293 g/mol. The van der Waals surface area contributed by atoms with Gasteiger partial charge in [-0.3, -0.25) is 9.69 Å². The van der Waals surface area contributed by atoms with E-state index in [1.54, 1.807) is 0 Å². The highest BCUT2D eigenvalue weighted by atomic mass is 16.1. The Balaban J connectivity index is 1.53. The molecule has 2 heterocycles. The van der Waals surface area contributed by atoms with Crippen LogP contribution in [0.15, 0.2) is 54.1 Å². The summed E-state index contributed by atoms with van der Waals surface area (Å²) in [6, 6.07) is 11.4. The van der Waals surface area contributed by atoms with Crippen LogP contribution in [0, 0.1) is 11.8 Å². The number of allylic oxidation sites excluding steroid dienone is 2. The summed E-state index contributed by atoms with van der Waals surface area (Å²) >= 11 is 0. The number of rotatable bonds is 4. The van der Waals surface area contributed by atoms with Gasteiger partial charge in [-0.15, -0.1) is 0 Å². The summed E-state index contributed by atoms with van der Waals surface area (Å²) in [7, 11) is 0. The molecule has 1 aromatic rings. The zero-order valence-electron chi connectivity index (χ0n) is 13.1. The Morgan fingerprint density at radius 1 is 1.14 bits per heavy atom. The van der Waals surface area contributed by atoms with Crippen LogP contribution in [0.5, 0.6) is 0 Å². The lowest BCUT2D eigenvalue weighted by molar-refractivity contribution is -0.114. The van der Waals surface area contributed by atoms with Crippen molar-refractivity contribution >= 4 is 5.78 Å². The van der Waals surface area contributed by atoms with Crippen molar-refractivity contribution in [2.75, 3.05) is 6.54 Å². The summed E-state index contributed by atoms with van der Waals surface area (Å²) in [5.74, 6) is 1.44. The van der Waals surface area contributed by atoms with Crippen molar-refractivity contribution in [2.24, 2.45) is 11.8 Å². The Bertz CT molecular complexity index is 630. The van der Waals surface area contributed by atoms with Crippen LogP contribution < -0.4 is 0 Å². The first-order valence-corrected chi connectivity index (χ1v) is 8.51. The summed E-state index contributed by atoms with van der Waals surface area (Å²) in [4.78, 5) is 15.2. The molecule has 2 bridgehead atoms.